The van der Waals surface area contributed by atoms with E-state index < -0.39 is 23.2 Å². The third-order valence-corrected chi connectivity index (χ3v) is 7.38. The molecule has 2 saturated heterocycles. The monoisotopic (exact) mass is 538 g/mol. The summed E-state index contributed by atoms with van der Waals surface area (Å²) in [5, 5.41) is 14.3. The predicted molar refractivity (Wildman–Crippen MR) is 134 cm³/mol. The van der Waals surface area contributed by atoms with Crippen molar-refractivity contribution in [3.63, 3.8) is 0 Å². The molecule has 2 heterocycles. The van der Waals surface area contributed by atoms with E-state index in [-0.39, 0.29) is 31.1 Å². The molecule has 0 radical (unpaired) electrons. The highest BCUT2D eigenvalue weighted by atomic mass is 35.5. The lowest BCUT2D eigenvalue weighted by molar-refractivity contribution is -0.262. The molecule has 11 heteroatoms. The summed E-state index contributed by atoms with van der Waals surface area (Å²) >= 11 is 6.28. The normalized spacial score (nSPS) is 19.2. The number of benzene rings is 2. The Morgan fingerprint density at radius 1 is 1.05 bits per heavy atom. The number of alkyl halides is 3. The summed E-state index contributed by atoms with van der Waals surface area (Å²) in [4.78, 5) is 29.9. The van der Waals surface area contributed by atoms with E-state index in [9.17, 15) is 27.9 Å². The molecule has 0 saturated carbocycles. The van der Waals surface area contributed by atoms with Crippen molar-refractivity contribution in [2.75, 3.05) is 45.6 Å². The Morgan fingerprint density at radius 3 is 2.22 bits per heavy atom. The largest absolute Gasteiger partial charge is 0.430 e. The number of hydrogen-bond acceptors (Lipinski definition) is 5. The van der Waals surface area contributed by atoms with Crippen LogP contribution < -0.4 is 5.32 Å². The van der Waals surface area contributed by atoms with Gasteiger partial charge in [0, 0.05) is 57.6 Å². The van der Waals surface area contributed by atoms with Crippen LogP contribution in [-0.2, 0) is 10.4 Å². The van der Waals surface area contributed by atoms with Crippen molar-refractivity contribution in [2.24, 2.45) is 0 Å². The van der Waals surface area contributed by atoms with Crippen molar-refractivity contribution in [1.29, 1.82) is 0 Å². The van der Waals surface area contributed by atoms with Crippen LogP contribution in [0, 0.1) is 0 Å². The van der Waals surface area contributed by atoms with Crippen LogP contribution in [0.25, 0.3) is 0 Å². The number of carbonyl (C=O) groups excluding carboxylic acids is 2. The molecule has 2 aromatic carbocycles. The van der Waals surface area contributed by atoms with E-state index in [2.05, 4.69) is 10.2 Å². The number of carbonyl (C=O) groups is 2. The maximum atomic E-state index is 13.9. The van der Waals surface area contributed by atoms with Gasteiger partial charge in [0.1, 0.15) is 0 Å². The third-order valence-electron chi connectivity index (χ3n) is 7.07. The second kappa shape index (κ2) is 10.5. The average molecular weight is 539 g/mol. The molecule has 2 aliphatic heterocycles. The minimum atomic E-state index is -5.14. The molecule has 0 bridgehead atoms. The lowest BCUT2D eigenvalue weighted by Crippen LogP contribution is -2.62. The first-order valence-electron chi connectivity index (χ1n) is 12.1. The Morgan fingerprint density at radius 2 is 1.68 bits per heavy atom. The molecule has 7 nitrogen and oxygen atoms in total. The summed E-state index contributed by atoms with van der Waals surface area (Å²) in [5.74, 6) is -1.51. The molecule has 37 heavy (non-hydrogen) atoms. The number of hydrogen-bond donors (Lipinski definition) is 2. The van der Waals surface area contributed by atoms with E-state index in [4.69, 9.17) is 11.6 Å². The summed E-state index contributed by atoms with van der Waals surface area (Å²) in [6, 6.07) is 12.0. The second-order valence-electron chi connectivity index (χ2n) is 9.79. The van der Waals surface area contributed by atoms with E-state index in [0.717, 1.165) is 35.8 Å². The zero-order valence-corrected chi connectivity index (χ0v) is 21.4. The fourth-order valence-electron chi connectivity index (χ4n) is 4.91. The van der Waals surface area contributed by atoms with Crippen LogP contribution >= 0.6 is 11.6 Å². The highest BCUT2D eigenvalue weighted by molar-refractivity contribution is 6.34. The molecule has 2 N–H and O–H groups in total. The van der Waals surface area contributed by atoms with Crippen molar-refractivity contribution in [2.45, 2.75) is 36.7 Å². The molecule has 0 aromatic heterocycles. The van der Waals surface area contributed by atoms with Gasteiger partial charge in [0.2, 0.25) is 0 Å². The van der Waals surface area contributed by atoms with Gasteiger partial charge in [0.25, 0.3) is 17.4 Å². The summed E-state index contributed by atoms with van der Waals surface area (Å²) < 4.78 is 41.6. The Balaban J connectivity index is 1.30. The predicted octanol–water partition coefficient (Wildman–Crippen LogP) is 3.58. The van der Waals surface area contributed by atoms with Gasteiger partial charge in [-0.25, -0.2) is 0 Å². The Hall–Kier alpha value is -2.82. The number of nitrogens with one attached hydrogen (secondary N) is 1. The molecule has 1 atom stereocenters. The van der Waals surface area contributed by atoms with E-state index in [1.54, 1.807) is 26.2 Å². The number of piperidine rings is 1. The van der Waals surface area contributed by atoms with Gasteiger partial charge in [-0.05, 0) is 31.0 Å². The van der Waals surface area contributed by atoms with Crippen LogP contribution in [0.3, 0.4) is 0 Å². The van der Waals surface area contributed by atoms with Gasteiger partial charge < -0.3 is 20.2 Å². The SMILES string of the molecule is CN(C)C(=O)c1ccc(NC2CN(C3CCN(C(=O)[C@@](O)(c4ccccc4)C(F)(F)F)CC3)C2)cc1Cl. The highest BCUT2D eigenvalue weighted by Crippen LogP contribution is 2.41. The molecule has 0 unspecified atom stereocenters. The second-order valence-corrected chi connectivity index (χ2v) is 10.2. The van der Waals surface area contributed by atoms with E-state index in [1.807, 2.05) is 6.07 Å². The Kier molecular flexibility index (Phi) is 7.73. The zero-order chi connectivity index (χ0) is 27.0. The molecule has 2 amide bonds. The molecule has 0 spiro atoms. The standard InChI is InChI=1S/C26H30ClF3N4O3/c1-32(2)23(35)21-9-8-18(14-22(21)27)31-19-15-34(16-19)20-10-12-33(13-11-20)24(36)25(37,26(28,29)30)17-6-4-3-5-7-17/h3-9,14,19-20,31,37H,10-13,15-16H2,1-2H3/t25-/m0/s1. The Bertz CT molecular complexity index is 1130. The topological polar surface area (TPSA) is 76.1 Å². The van der Waals surface area contributed by atoms with Crippen molar-refractivity contribution >= 4 is 29.1 Å². The number of anilines is 1. The summed E-state index contributed by atoms with van der Waals surface area (Å²) in [7, 11) is 3.32. The summed E-state index contributed by atoms with van der Waals surface area (Å²) in [6.45, 7) is 1.76. The van der Waals surface area contributed by atoms with Gasteiger partial charge in [-0.15, -0.1) is 0 Å². The quantitative estimate of drug-likeness (QED) is 0.588. The first-order chi connectivity index (χ1) is 17.4. The number of amides is 2. The summed E-state index contributed by atoms with van der Waals surface area (Å²) in [6.07, 6.45) is -4.10. The van der Waals surface area contributed by atoms with Crippen LogP contribution in [0.5, 0.6) is 0 Å². The molecular formula is C26H30ClF3N4O3. The minimum absolute atomic E-state index is 0.139. The van der Waals surface area contributed by atoms with E-state index >= 15 is 0 Å². The van der Waals surface area contributed by atoms with Gasteiger partial charge in [0.05, 0.1) is 16.6 Å². The highest BCUT2D eigenvalue weighted by Gasteiger charge is 2.62. The first kappa shape index (κ1) is 27.2. The van der Waals surface area contributed by atoms with Crippen LogP contribution in [-0.4, -0.2) is 90.2 Å². The molecule has 200 valence electrons. The van der Waals surface area contributed by atoms with Crippen molar-refractivity contribution in [1.82, 2.24) is 14.7 Å². The van der Waals surface area contributed by atoms with Crippen molar-refractivity contribution < 1.29 is 27.9 Å². The molecule has 2 aliphatic rings. The lowest BCUT2D eigenvalue weighted by Gasteiger charge is -2.48. The molecule has 2 aromatic rings. The van der Waals surface area contributed by atoms with Gasteiger partial charge in [-0.3, -0.25) is 14.5 Å². The fraction of sp³-hybridized carbons (Fsp3) is 0.462. The minimum Gasteiger partial charge on any atom is -0.380 e. The fourth-order valence-corrected chi connectivity index (χ4v) is 5.17. The first-order valence-corrected chi connectivity index (χ1v) is 12.5. The number of aliphatic hydroxyl groups is 1. The lowest BCUT2D eigenvalue weighted by atomic mass is 9.89. The molecular weight excluding hydrogens is 509 g/mol. The van der Waals surface area contributed by atoms with Crippen LogP contribution in [0.15, 0.2) is 48.5 Å². The number of rotatable bonds is 6. The average Bonchev–Trinajstić information content (AvgIpc) is 2.84. The number of nitrogens with zero attached hydrogens (tertiary/aromatic N) is 3. The van der Waals surface area contributed by atoms with Gasteiger partial charge in [0.15, 0.2) is 0 Å². The Labute approximate surface area is 218 Å². The van der Waals surface area contributed by atoms with Crippen LogP contribution in [0.1, 0.15) is 28.8 Å². The smallest absolute Gasteiger partial charge is 0.380 e. The van der Waals surface area contributed by atoms with Gasteiger partial charge >= 0.3 is 6.18 Å². The van der Waals surface area contributed by atoms with E-state index in [0.29, 0.717) is 23.4 Å². The van der Waals surface area contributed by atoms with Crippen molar-refractivity contribution in [3.05, 3.63) is 64.7 Å². The van der Waals surface area contributed by atoms with E-state index in [1.165, 1.54) is 23.1 Å². The number of likely N-dealkylation sites (tertiary alicyclic amines) is 2. The molecule has 0 aliphatic carbocycles. The number of halogens is 4. The van der Waals surface area contributed by atoms with Gasteiger partial charge in [-0.1, -0.05) is 41.9 Å². The van der Waals surface area contributed by atoms with Gasteiger partial charge in [-0.2, -0.15) is 13.2 Å². The maximum Gasteiger partial charge on any atom is 0.430 e. The van der Waals surface area contributed by atoms with Crippen molar-refractivity contribution in [3.8, 4) is 0 Å². The molecule has 4 rings (SSSR count). The molecule has 2 fully saturated rings. The maximum absolute atomic E-state index is 13.9. The van der Waals surface area contributed by atoms with Crippen LogP contribution in [0.2, 0.25) is 5.02 Å². The summed E-state index contributed by atoms with van der Waals surface area (Å²) in [5.41, 5.74) is -2.82. The zero-order valence-electron chi connectivity index (χ0n) is 20.6. The van der Waals surface area contributed by atoms with Crippen LogP contribution in [0.4, 0.5) is 18.9 Å². The third kappa shape index (κ3) is 5.42.